The number of hydrogen-bond donors (Lipinski definition) is 3. The van der Waals surface area contributed by atoms with Gasteiger partial charge in [0.05, 0.1) is 22.9 Å². The Balaban J connectivity index is 1.41. The molecule has 2 aromatic heterocycles. The first-order valence-corrected chi connectivity index (χ1v) is 14.2. The van der Waals surface area contributed by atoms with Crippen LogP contribution >= 0.6 is 11.3 Å². The summed E-state index contributed by atoms with van der Waals surface area (Å²) in [6.07, 6.45) is -3.41. The minimum Gasteiger partial charge on any atom is -0.437 e. The van der Waals surface area contributed by atoms with Crippen LogP contribution in [0.5, 0.6) is 11.6 Å². The minimum absolute atomic E-state index is 0.187. The van der Waals surface area contributed by atoms with Crippen molar-refractivity contribution in [3.63, 3.8) is 0 Å². The fraction of sp³-hybridized carbons (Fsp3) is 0.320. The standard InChI is InChI=1S/C25H23F5N6O2S2/c1-14-33-22(21(39-14)19-8-9-32-23(35-19)34-15-10-24(26,27)12-31-11-15)38-20-7-6-18(16-4-2-3-5-17(16)20)36-40(37)13-25(28,29)30/h2-9,15,31,36H,10-13H2,1H3,(H,32,34,35). The number of rotatable bonds is 8. The Kier molecular flexibility index (Phi) is 7.88. The number of nitrogens with zero attached hydrogens (tertiary/aromatic N) is 3. The number of nitrogens with one attached hydrogen (secondary N) is 3. The Hall–Kier alpha value is -3.43. The van der Waals surface area contributed by atoms with Gasteiger partial charge in [-0.2, -0.15) is 13.2 Å². The number of thiazole rings is 1. The molecule has 2 atom stereocenters. The Labute approximate surface area is 232 Å². The number of alkyl halides is 5. The lowest BCUT2D eigenvalue weighted by molar-refractivity contribution is -0.105. The number of aromatic nitrogens is 3. The van der Waals surface area contributed by atoms with Crippen molar-refractivity contribution < 1.29 is 30.9 Å². The van der Waals surface area contributed by atoms with Gasteiger partial charge in [-0.05, 0) is 25.1 Å². The number of piperidine rings is 1. The second-order valence-electron chi connectivity index (χ2n) is 9.13. The van der Waals surface area contributed by atoms with Gasteiger partial charge in [0.15, 0.2) is 0 Å². The highest BCUT2D eigenvalue weighted by molar-refractivity contribution is 7.86. The fourth-order valence-corrected chi connectivity index (χ4v) is 5.88. The van der Waals surface area contributed by atoms with Crippen molar-refractivity contribution in [2.24, 2.45) is 0 Å². The van der Waals surface area contributed by atoms with E-state index >= 15 is 0 Å². The number of halogens is 5. The van der Waals surface area contributed by atoms with Gasteiger partial charge >= 0.3 is 6.18 Å². The molecule has 0 aliphatic carbocycles. The van der Waals surface area contributed by atoms with E-state index in [0.717, 1.165) is 0 Å². The molecule has 15 heteroatoms. The molecule has 8 nitrogen and oxygen atoms in total. The van der Waals surface area contributed by atoms with Gasteiger partial charge in [-0.1, -0.05) is 24.3 Å². The molecule has 1 fully saturated rings. The van der Waals surface area contributed by atoms with Crippen LogP contribution in [-0.2, 0) is 11.0 Å². The highest BCUT2D eigenvalue weighted by Gasteiger charge is 2.36. The van der Waals surface area contributed by atoms with Crippen LogP contribution in [0.25, 0.3) is 21.3 Å². The van der Waals surface area contributed by atoms with Crippen LogP contribution < -0.4 is 20.1 Å². The van der Waals surface area contributed by atoms with Gasteiger partial charge in [-0.25, -0.2) is 27.9 Å². The Morgan fingerprint density at radius 1 is 1.15 bits per heavy atom. The number of ether oxygens (including phenoxy) is 1. The molecule has 1 saturated heterocycles. The van der Waals surface area contributed by atoms with Crippen molar-refractivity contribution in [2.45, 2.75) is 31.5 Å². The van der Waals surface area contributed by atoms with E-state index in [4.69, 9.17) is 4.74 Å². The van der Waals surface area contributed by atoms with E-state index < -0.39 is 34.9 Å². The lowest BCUT2D eigenvalue weighted by atomic mass is 10.0. The number of anilines is 2. The smallest absolute Gasteiger partial charge is 0.402 e. The van der Waals surface area contributed by atoms with Crippen molar-refractivity contribution in [3.05, 3.63) is 53.7 Å². The van der Waals surface area contributed by atoms with Crippen molar-refractivity contribution >= 4 is 44.7 Å². The minimum atomic E-state index is -4.58. The Morgan fingerprint density at radius 2 is 1.93 bits per heavy atom. The molecule has 0 radical (unpaired) electrons. The molecule has 1 aliphatic rings. The number of aryl methyl sites for hydroxylation is 1. The van der Waals surface area contributed by atoms with Crippen LogP contribution in [0.15, 0.2) is 48.7 Å². The zero-order valence-corrected chi connectivity index (χ0v) is 22.5. The van der Waals surface area contributed by atoms with Gasteiger partial charge < -0.3 is 20.1 Å². The lowest BCUT2D eigenvalue weighted by Crippen LogP contribution is -2.49. The normalized spacial score (nSPS) is 17.9. The van der Waals surface area contributed by atoms with Gasteiger partial charge in [0.25, 0.3) is 5.92 Å². The third kappa shape index (κ3) is 6.82. The summed E-state index contributed by atoms with van der Waals surface area (Å²) < 4.78 is 86.3. The predicted octanol–water partition coefficient (Wildman–Crippen LogP) is 5.90. The molecule has 40 heavy (non-hydrogen) atoms. The second-order valence-corrected chi connectivity index (χ2v) is 11.5. The van der Waals surface area contributed by atoms with Gasteiger partial charge in [0.1, 0.15) is 27.4 Å². The molecule has 5 rings (SSSR count). The molecule has 212 valence electrons. The number of hydrogen-bond acceptors (Lipinski definition) is 8. The highest BCUT2D eigenvalue weighted by Crippen LogP contribution is 2.40. The zero-order valence-electron chi connectivity index (χ0n) is 20.9. The van der Waals surface area contributed by atoms with Crippen LogP contribution in [0, 0.1) is 6.92 Å². The second kappa shape index (κ2) is 11.2. The van der Waals surface area contributed by atoms with E-state index in [2.05, 4.69) is 30.3 Å². The van der Waals surface area contributed by atoms with E-state index in [-0.39, 0.29) is 30.5 Å². The topological polar surface area (TPSA) is 101 Å². The summed E-state index contributed by atoms with van der Waals surface area (Å²) in [4.78, 5) is 13.7. The monoisotopic (exact) mass is 598 g/mol. The van der Waals surface area contributed by atoms with E-state index in [1.54, 1.807) is 43.3 Å². The SMILES string of the molecule is Cc1nc(Oc2ccc(NS(=O)CC(F)(F)F)c3ccccc23)c(-c2ccnc(NC3CNCC(F)(F)C3)n2)s1. The molecule has 3 N–H and O–H groups in total. The third-order valence-corrected chi connectivity index (χ3v) is 7.86. The summed E-state index contributed by atoms with van der Waals surface area (Å²) in [7, 11) is -2.37. The van der Waals surface area contributed by atoms with Gasteiger partial charge in [0, 0.05) is 36.0 Å². The molecule has 2 aromatic carbocycles. The first-order chi connectivity index (χ1) is 19.0. The zero-order chi connectivity index (χ0) is 28.5. The van der Waals surface area contributed by atoms with E-state index in [9.17, 15) is 26.2 Å². The molecule has 0 amide bonds. The Morgan fingerprint density at radius 3 is 2.67 bits per heavy atom. The number of benzene rings is 2. The third-order valence-electron chi connectivity index (χ3n) is 5.85. The molecule has 0 saturated carbocycles. The predicted molar refractivity (Wildman–Crippen MR) is 144 cm³/mol. The summed E-state index contributed by atoms with van der Waals surface area (Å²) in [6, 6.07) is 11.0. The average Bonchev–Trinajstić information content (AvgIpc) is 3.24. The summed E-state index contributed by atoms with van der Waals surface area (Å²) in [6.45, 7) is 1.77. The summed E-state index contributed by atoms with van der Waals surface area (Å²) >= 11 is 1.32. The van der Waals surface area contributed by atoms with Gasteiger partial charge in [-0.3, -0.25) is 0 Å². The maximum Gasteiger partial charge on any atom is 0.402 e. The molecular weight excluding hydrogens is 575 g/mol. The highest BCUT2D eigenvalue weighted by atomic mass is 32.2. The quantitative estimate of drug-likeness (QED) is 0.217. The first-order valence-electron chi connectivity index (χ1n) is 12.0. The van der Waals surface area contributed by atoms with Crippen LogP contribution in [0.2, 0.25) is 0 Å². The Bertz CT molecular complexity index is 1550. The van der Waals surface area contributed by atoms with E-state index in [1.165, 1.54) is 23.6 Å². The van der Waals surface area contributed by atoms with Crippen molar-refractivity contribution in [3.8, 4) is 22.2 Å². The van der Waals surface area contributed by atoms with Gasteiger partial charge in [0.2, 0.25) is 11.8 Å². The molecule has 4 aromatic rings. The van der Waals surface area contributed by atoms with Crippen molar-refractivity contribution in [1.29, 1.82) is 0 Å². The van der Waals surface area contributed by atoms with Crippen LogP contribution in [0.3, 0.4) is 0 Å². The largest absolute Gasteiger partial charge is 0.437 e. The molecule has 3 heterocycles. The summed E-state index contributed by atoms with van der Waals surface area (Å²) in [5, 5.41) is 7.41. The maximum atomic E-state index is 13.8. The molecule has 0 spiro atoms. The van der Waals surface area contributed by atoms with Crippen LogP contribution in [-0.4, -0.2) is 56.1 Å². The lowest BCUT2D eigenvalue weighted by Gasteiger charge is -2.30. The molecule has 2 unspecified atom stereocenters. The molecule has 1 aliphatic heterocycles. The van der Waals surface area contributed by atoms with Crippen LogP contribution in [0.4, 0.5) is 33.6 Å². The first kappa shape index (κ1) is 28.1. The van der Waals surface area contributed by atoms with E-state index in [0.29, 0.717) is 38.6 Å². The van der Waals surface area contributed by atoms with Crippen molar-refractivity contribution in [2.75, 3.05) is 28.9 Å². The van der Waals surface area contributed by atoms with Crippen molar-refractivity contribution in [1.82, 2.24) is 20.3 Å². The summed E-state index contributed by atoms with van der Waals surface area (Å²) in [5.41, 5.74) is 0.730. The molecule has 0 bridgehead atoms. The molecular formula is C25H23F5N6O2S2. The van der Waals surface area contributed by atoms with Crippen LogP contribution in [0.1, 0.15) is 11.4 Å². The summed E-state index contributed by atoms with van der Waals surface area (Å²) in [5.74, 6) is -3.52. The average molecular weight is 599 g/mol. The van der Waals surface area contributed by atoms with E-state index in [1.807, 2.05) is 0 Å². The number of fused-ring (bicyclic) bond motifs is 1. The fourth-order valence-electron chi connectivity index (χ4n) is 4.27. The maximum absolute atomic E-state index is 13.8. The van der Waals surface area contributed by atoms with Gasteiger partial charge in [-0.15, -0.1) is 11.3 Å².